The molecule has 2 heterocycles. The molecule has 0 unspecified atom stereocenters. The second-order valence-electron chi connectivity index (χ2n) is 3.72. The standard InChI is InChI=1S/C12H15N3S/c1-9(11-5-3-4-6-13-11)14-7-12-10(2)15-8-16-12/h3-6,8-9,14H,7H2,1-2H3/t9-/m0/s1. The number of thiazole rings is 1. The third-order valence-corrected chi connectivity index (χ3v) is 3.48. The molecule has 2 rings (SSSR count). The van der Waals surface area contributed by atoms with E-state index in [0.29, 0.717) is 0 Å². The Bertz CT molecular complexity index is 439. The van der Waals surface area contributed by atoms with Crippen LogP contribution in [0.5, 0.6) is 0 Å². The monoisotopic (exact) mass is 233 g/mol. The average molecular weight is 233 g/mol. The van der Waals surface area contributed by atoms with Crippen LogP contribution in [0.1, 0.15) is 29.2 Å². The smallest absolute Gasteiger partial charge is 0.0798 e. The average Bonchev–Trinajstić information content (AvgIpc) is 2.73. The van der Waals surface area contributed by atoms with Gasteiger partial charge < -0.3 is 5.32 Å². The molecular formula is C12H15N3S. The molecule has 2 aromatic rings. The van der Waals surface area contributed by atoms with Crippen molar-refractivity contribution in [3.8, 4) is 0 Å². The van der Waals surface area contributed by atoms with Gasteiger partial charge in [-0.15, -0.1) is 11.3 Å². The first-order valence-corrected chi connectivity index (χ1v) is 6.18. The Balaban J connectivity index is 1.94. The van der Waals surface area contributed by atoms with E-state index in [2.05, 4.69) is 22.2 Å². The zero-order valence-electron chi connectivity index (χ0n) is 9.47. The molecule has 0 saturated carbocycles. The van der Waals surface area contributed by atoms with Crippen molar-refractivity contribution in [3.05, 3.63) is 46.2 Å². The summed E-state index contributed by atoms with van der Waals surface area (Å²) in [4.78, 5) is 9.85. The van der Waals surface area contributed by atoms with Crippen LogP contribution in [0.15, 0.2) is 29.9 Å². The van der Waals surface area contributed by atoms with Gasteiger partial charge in [0.2, 0.25) is 0 Å². The van der Waals surface area contributed by atoms with E-state index in [9.17, 15) is 0 Å². The Labute approximate surface area is 99.6 Å². The Hall–Kier alpha value is -1.26. The van der Waals surface area contributed by atoms with E-state index in [1.54, 1.807) is 11.3 Å². The fourth-order valence-corrected chi connectivity index (χ4v) is 2.21. The maximum atomic E-state index is 4.33. The Morgan fingerprint density at radius 1 is 1.38 bits per heavy atom. The van der Waals surface area contributed by atoms with Gasteiger partial charge in [-0.1, -0.05) is 6.07 Å². The fraction of sp³-hybridized carbons (Fsp3) is 0.333. The van der Waals surface area contributed by atoms with Gasteiger partial charge in [-0.25, -0.2) is 4.98 Å². The van der Waals surface area contributed by atoms with Gasteiger partial charge in [-0.2, -0.15) is 0 Å². The first kappa shape index (κ1) is 11.2. The molecule has 0 fully saturated rings. The van der Waals surface area contributed by atoms with Gasteiger partial charge in [0.05, 0.1) is 16.9 Å². The van der Waals surface area contributed by atoms with Crippen molar-refractivity contribution < 1.29 is 0 Å². The molecule has 0 saturated heterocycles. The van der Waals surface area contributed by atoms with Crippen LogP contribution in [0.25, 0.3) is 0 Å². The molecule has 1 atom stereocenters. The number of nitrogens with zero attached hydrogens (tertiary/aromatic N) is 2. The first-order valence-electron chi connectivity index (χ1n) is 5.30. The van der Waals surface area contributed by atoms with Crippen LogP contribution >= 0.6 is 11.3 Å². The highest BCUT2D eigenvalue weighted by Crippen LogP contribution is 2.14. The number of nitrogens with one attached hydrogen (secondary N) is 1. The minimum Gasteiger partial charge on any atom is -0.304 e. The summed E-state index contributed by atoms with van der Waals surface area (Å²) in [5.41, 5.74) is 4.08. The summed E-state index contributed by atoms with van der Waals surface area (Å²) in [6, 6.07) is 6.25. The van der Waals surface area contributed by atoms with E-state index in [0.717, 1.165) is 17.9 Å². The topological polar surface area (TPSA) is 37.8 Å². The molecule has 0 aliphatic rings. The molecule has 2 aromatic heterocycles. The molecule has 3 nitrogen and oxygen atoms in total. The van der Waals surface area contributed by atoms with Gasteiger partial charge in [0.1, 0.15) is 0 Å². The van der Waals surface area contributed by atoms with E-state index < -0.39 is 0 Å². The maximum Gasteiger partial charge on any atom is 0.0798 e. The number of hydrogen-bond donors (Lipinski definition) is 1. The van der Waals surface area contributed by atoms with Gasteiger partial charge in [-0.3, -0.25) is 4.98 Å². The van der Waals surface area contributed by atoms with E-state index in [1.807, 2.05) is 36.8 Å². The molecular weight excluding hydrogens is 218 g/mol. The van der Waals surface area contributed by atoms with Crippen LogP contribution in [0.4, 0.5) is 0 Å². The van der Waals surface area contributed by atoms with Gasteiger partial charge in [0.15, 0.2) is 0 Å². The van der Waals surface area contributed by atoms with E-state index in [1.165, 1.54) is 4.88 Å². The van der Waals surface area contributed by atoms with Crippen LogP contribution in [0, 0.1) is 6.92 Å². The van der Waals surface area contributed by atoms with Crippen molar-refractivity contribution in [3.63, 3.8) is 0 Å². The lowest BCUT2D eigenvalue weighted by Crippen LogP contribution is -2.18. The van der Waals surface area contributed by atoms with Crippen molar-refractivity contribution in [1.29, 1.82) is 0 Å². The molecule has 0 aliphatic heterocycles. The molecule has 16 heavy (non-hydrogen) atoms. The summed E-state index contributed by atoms with van der Waals surface area (Å²) in [5.74, 6) is 0. The third-order valence-electron chi connectivity index (χ3n) is 2.55. The Kier molecular flexibility index (Phi) is 3.64. The van der Waals surface area contributed by atoms with Crippen molar-refractivity contribution >= 4 is 11.3 Å². The Morgan fingerprint density at radius 2 is 2.25 bits per heavy atom. The number of pyridine rings is 1. The largest absolute Gasteiger partial charge is 0.304 e. The van der Waals surface area contributed by atoms with Crippen molar-refractivity contribution in [2.45, 2.75) is 26.4 Å². The number of aryl methyl sites for hydroxylation is 1. The van der Waals surface area contributed by atoms with Gasteiger partial charge in [0.25, 0.3) is 0 Å². The first-order chi connectivity index (χ1) is 7.77. The maximum absolute atomic E-state index is 4.33. The zero-order chi connectivity index (χ0) is 11.4. The summed E-state index contributed by atoms with van der Waals surface area (Å²) < 4.78 is 0. The fourth-order valence-electron chi connectivity index (χ4n) is 1.48. The predicted molar refractivity (Wildman–Crippen MR) is 66.3 cm³/mol. The lowest BCUT2D eigenvalue weighted by Gasteiger charge is -2.12. The van der Waals surface area contributed by atoms with Gasteiger partial charge in [0, 0.05) is 23.7 Å². The highest BCUT2D eigenvalue weighted by Gasteiger charge is 2.07. The molecule has 1 N–H and O–H groups in total. The normalized spacial score (nSPS) is 12.6. The van der Waals surface area contributed by atoms with Crippen LogP contribution in [0.3, 0.4) is 0 Å². The second-order valence-corrected chi connectivity index (χ2v) is 4.66. The second kappa shape index (κ2) is 5.18. The Morgan fingerprint density at radius 3 is 2.88 bits per heavy atom. The highest BCUT2D eigenvalue weighted by molar-refractivity contribution is 7.09. The van der Waals surface area contributed by atoms with Gasteiger partial charge >= 0.3 is 0 Å². The molecule has 0 spiro atoms. The molecule has 4 heteroatoms. The van der Waals surface area contributed by atoms with Crippen molar-refractivity contribution in [2.24, 2.45) is 0 Å². The molecule has 0 amide bonds. The number of rotatable bonds is 4. The molecule has 0 radical (unpaired) electrons. The minimum atomic E-state index is 0.266. The third kappa shape index (κ3) is 2.65. The minimum absolute atomic E-state index is 0.266. The lowest BCUT2D eigenvalue weighted by atomic mass is 10.2. The summed E-state index contributed by atoms with van der Waals surface area (Å²) in [5, 5.41) is 3.45. The van der Waals surface area contributed by atoms with Crippen LogP contribution in [-0.2, 0) is 6.54 Å². The number of hydrogen-bond acceptors (Lipinski definition) is 4. The van der Waals surface area contributed by atoms with Crippen LogP contribution in [-0.4, -0.2) is 9.97 Å². The van der Waals surface area contributed by atoms with Crippen LogP contribution in [0.2, 0.25) is 0 Å². The molecule has 0 bridgehead atoms. The highest BCUT2D eigenvalue weighted by atomic mass is 32.1. The predicted octanol–water partition coefficient (Wildman–Crippen LogP) is 2.70. The van der Waals surface area contributed by atoms with E-state index in [-0.39, 0.29) is 6.04 Å². The SMILES string of the molecule is Cc1ncsc1CN[C@@H](C)c1ccccn1. The molecule has 0 aliphatic carbocycles. The molecule has 84 valence electrons. The quantitative estimate of drug-likeness (QED) is 0.882. The summed E-state index contributed by atoms with van der Waals surface area (Å²) in [6.45, 7) is 5.02. The summed E-state index contributed by atoms with van der Waals surface area (Å²) in [6.07, 6.45) is 1.82. The summed E-state index contributed by atoms with van der Waals surface area (Å²) >= 11 is 1.69. The number of aromatic nitrogens is 2. The van der Waals surface area contributed by atoms with Crippen molar-refractivity contribution in [2.75, 3.05) is 0 Å². The lowest BCUT2D eigenvalue weighted by molar-refractivity contribution is 0.564. The van der Waals surface area contributed by atoms with Gasteiger partial charge in [-0.05, 0) is 26.0 Å². The van der Waals surface area contributed by atoms with E-state index in [4.69, 9.17) is 0 Å². The van der Waals surface area contributed by atoms with Crippen LogP contribution < -0.4 is 5.32 Å². The summed E-state index contributed by atoms with van der Waals surface area (Å²) in [7, 11) is 0. The van der Waals surface area contributed by atoms with Crippen molar-refractivity contribution in [1.82, 2.24) is 15.3 Å². The molecule has 0 aromatic carbocycles. The zero-order valence-corrected chi connectivity index (χ0v) is 10.3. The van der Waals surface area contributed by atoms with E-state index >= 15 is 0 Å².